The van der Waals surface area contributed by atoms with Gasteiger partial charge in [-0.25, -0.2) is 13.1 Å². The van der Waals surface area contributed by atoms with Gasteiger partial charge >= 0.3 is 0 Å². The summed E-state index contributed by atoms with van der Waals surface area (Å²) in [5.41, 5.74) is 9.18. The standard InChI is InChI=1S/C26H33Cl2N5O5S/c1-14(24(29)31-36)30-25(34)22-16-7-3-4-8-17(16)26(35)33(23(22)18-12-11-15(27)13-19(18)28)21-10-6-5-9-20(21)32-39(2,37)38/h3-4,7-8,11-14,20-24,31-32,36H,5-6,9-10,29H2,1-2H3,(H,30,34)/t14?,20-,21-,22+,23-,24?/m0/s1. The number of amides is 2. The highest BCUT2D eigenvalue weighted by Gasteiger charge is 2.49. The van der Waals surface area contributed by atoms with Gasteiger partial charge in [0.25, 0.3) is 5.91 Å². The third-order valence-corrected chi connectivity index (χ3v) is 8.74. The first-order chi connectivity index (χ1) is 18.4. The minimum atomic E-state index is -3.58. The number of halogens is 2. The Labute approximate surface area is 238 Å². The third-order valence-electron chi connectivity index (χ3n) is 7.45. The van der Waals surface area contributed by atoms with Crippen LogP contribution in [0.4, 0.5) is 0 Å². The van der Waals surface area contributed by atoms with E-state index in [2.05, 4.69) is 10.0 Å². The van der Waals surface area contributed by atoms with E-state index in [9.17, 15) is 23.2 Å². The number of fused-ring (bicyclic) bond motifs is 1. The fourth-order valence-corrected chi connectivity index (χ4v) is 6.99. The molecule has 212 valence electrons. The Balaban J connectivity index is 1.92. The first kappa shape index (κ1) is 29.7. The normalized spacial score (nSPS) is 25.1. The van der Waals surface area contributed by atoms with Crippen LogP contribution in [0, 0.1) is 0 Å². The van der Waals surface area contributed by atoms with Gasteiger partial charge in [-0.1, -0.05) is 60.3 Å². The zero-order valence-corrected chi connectivity index (χ0v) is 23.9. The Morgan fingerprint density at radius 1 is 1.13 bits per heavy atom. The Hall–Kier alpha value is -2.25. The molecular weight excluding hydrogens is 565 g/mol. The summed E-state index contributed by atoms with van der Waals surface area (Å²) in [7, 11) is -3.58. The van der Waals surface area contributed by atoms with Crippen LogP contribution < -0.4 is 21.3 Å². The summed E-state index contributed by atoms with van der Waals surface area (Å²) in [6.45, 7) is 1.64. The largest absolute Gasteiger partial charge is 0.350 e. The maximum Gasteiger partial charge on any atom is 0.255 e. The van der Waals surface area contributed by atoms with Crippen LogP contribution in [0.15, 0.2) is 42.5 Å². The summed E-state index contributed by atoms with van der Waals surface area (Å²) in [5, 5.41) is 12.8. The number of rotatable bonds is 8. The van der Waals surface area contributed by atoms with Gasteiger partial charge in [0, 0.05) is 27.7 Å². The average Bonchev–Trinajstić information content (AvgIpc) is 2.88. The molecule has 13 heteroatoms. The van der Waals surface area contributed by atoms with Gasteiger partial charge in [0.1, 0.15) is 0 Å². The molecule has 0 spiro atoms. The van der Waals surface area contributed by atoms with Gasteiger partial charge in [0.2, 0.25) is 15.9 Å². The van der Waals surface area contributed by atoms with Gasteiger partial charge in [-0.15, -0.1) is 0 Å². The SMILES string of the molecule is CC(NC(=O)[C@@H]1c2ccccc2C(=O)N([C@H]2CCCC[C@@H]2NS(C)(=O)=O)[C@H]1c1ccc(Cl)cc1Cl)C(N)NO. The number of nitrogens with two attached hydrogens (primary N) is 1. The predicted molar refractivity (Wildman–Crippen MR) is 149 cm³/mol. The molecule has 2 unspecified atom stereocenters. The van der Waals surface area contributed by atoms with Gasteiger partial charge < -0.3 is 21.2 Å². The second kappa shape index (κ2) is 12.1. The molecule has 6 N–H and O–H groups in total. The van der Waals surface area contributed by atoms with Gasteiger partial charge in [0.15, 0.2) is 0 Å². The highest BCUT2D eigenvalue weighted by atomic mass is 35.5. The Morgan fingerprint density at radius 2 is 1.82 bits per heavy atom. The van der Waals surface area contributed by atoms with Crippen molar-refractivity contribution in [2.75, 3.05) is 6.26 Å². The molecule has 0 bridgehead atoms. The van der Waals surface area contributed by atoms with Crippen molar-refractivity contribution in [1.82, 2.24) is 20.4 Å². The maximum atomic E-state index is 14.2. The molecule has 39 heavy (non-hydrogen) atoms. The van der Waals surface area contributed by atoms with Crippen LogP contribution in [0.3, 0.4) is 0 Å². The number of hydroxylamine groups is 1. The Bertz CT molecular complexity index is 1340. The van der Waals surface area contributed by atoms with Crippen molar-refractivity contribution in [3.63, 3.8) is 0 Å². The fourth-order valence-electron chi connectivity index (χ4n) is 5.64. The number of nitrogens with one attached hydrogen (secondary N) is 3. The molecule has 6 atom stereocenters. The van der Waals surface area contributed by atoms with Crippen LogP contribution in [0.25, 0.3) is 0 Å². The molecule has 10 nitrogen and oxygen atoms in total. The number of sulfonamides is 1. The first-order valence-corrected chi connectivity index (χ1v) is 15.4. The van der Waals surface area contributed by atoms with Gasteiger partial charge in [0.05, 0.1) is 30.4 Å². The summed E-state index contributed by atoms with van der Waals surface area (Å²) in [4.78, 5) is 29.8. The van der Waals surface area contributed by atoms with E-state index in [-0.39, 0.29) is 10.9 Å². The first-order valence-electron chi connectivity index (χ1n) is 12.7. The highest BCUT2D eigenvalue weighted by Crippen LogP contribution is 2.47. The molecule has 1 saturated carbocycles. The van der Waals surface area contributed by atoms with Crippen LogP contribution in [0.5, 0.6) is 0 Å². The van der Waals surface area contributed by atoms with E-state index in [1.807, 2.05) is 5.48 Å². The van der Waals surface area contributed by atoms with E-state index in [0.29, 0.717) is 34.6 Å². The van der Waals surface area contributed by atoms with Gasteiger partial charge in [-0.2, -0.15) is 5.48 Å². The molecule has 0 aromatic heterocycles. The molecule has 2 aromatic carbocycles. The Morgan fingerprint density at radius 3 is 2.49 bits per heavy atom. The van der Waals surface area contributed by atoms with Crippen LogP contribution in [-0.4, -0.2) is 60.9 Å². The quantitative estimate of drug-likeness (QED) is 0.231. The van der Waals surface area contributed by atoms with Crippen molar-refractivity contribution in [3.8, 4) is 0 Å². The van der Waals surface area contributed by atoms with Crippen molar-refractivity contribution >= 4 is 45.0 Å². The lowest BCUT2D eigenvalue weighted by Gasteiger charge is -2.49. The number of benzene rings is 2. The van der Waals surface area contributed by atoms with E-state index < -0.39 is 52.2 Å². The lowest BCUT2D eigenvalue weighted by molar-refractivity contribution is -0.125. The summed E-state index contributed by atoms with van der Waals surface area (Å²) >= 11 is 12.9. The predicted octanol–water partition coefficient (Wildman–Crippen LogP) is 2.90. The Kier molecular flexibility index (Phi) is 9.22. The minimum absolute atomic E-state index is 0.271. The van der Waals surface area contributed by atoms with E-state index in [1.54, 1.807) is 54.3 Å². The zero-order chi connectivity index (χ0) is 28.5. The van der Waals surface area contributed by atoms with Gasteiger partial charge in [-0.05, 0) is 49.1 Å². The molecule has 2 amide bonds. The molecule has 4 rings (SSSR count). The van der Waals surface area contributed by atoms with Crippen molar-refractivity contribution < 1.29 is 23.2 Å². The monoisotopic (exact) mass is 597 g/mol. The molecule has 1 fully saturated rings. The van der Waals surface area contributed by atoms with E-state index >= 15 is 0 Å². The van der Waals surface area contributed by atoms with Crippen LogP contribution in [0.1, 0.15) is 66.1 Å². The van der Waals surface area contributed by atoms with Crippen molar-refractivity contribution in [3.05, 3.63) is 69.2 Å². The number of hydrogen-bond donors (Lipinski definition) is 5. The summed E-state index contributed by atoms with van der Waals surface area (Å²) < 4.78 is 27.3. The molecule has 0 radical (unpaired) electrons. The van der Waals surface area contributed by atoms with E-state index in [1.165, 1.54) is 0 Å². The fraction of sp³-hybridized carbons (Fsp3) is 0.462. The highest BCUT2D eigenvalue weighted by molar-refractivity contribution is 7.88. The van der Waals surface area contributed by atoms with Crippen molar-refractivity contribution in [2.24, 2.45) is 5.73 Å². The molecule has 1 aliphatic carbocycles. The average molecular weight is 599 g/mol. The third kappa shape index (κ3) is 6.40. The second-order valence-electron chi connectivity index (χ2n) is 10.2. The lowest BCUT2D eigenvalue weighted by atomic mass is 9.76. The van der Waals surface area contributed by atoms with Gasteiger partial charge in [-0.3, -0.25) is 9.59 Å². The molecule has 2 aliphatic rings. The molecule has 1 heterocycles. The summed E-state index contributed by atoms with van der Waals surface area (Å²) in [6, 6.07) is 9.11. The number of carbonyl (C=O) groups excluding carboxylic acids is 2. The zero-order valence-electron chi connectivity index (χ0n) is 21.6. The minimum Gasteiger partial charge on any atom is -0.350 e. The number of nitrogens with zero attached hydrogens (tertiary/aromatic N) is 1. The number of carbonyl (C=O) groups is 2. The molecule has 1 aliphatic heterocycles. The topological polar surface area (TPSA) is 154 Å². The van der Waals surface area contributed by atoms with Crippen LogP contribution >= 0.6 is 23.2 Å². The van der Waals surface area contributed by atoms with E-state index in [4.69, 9.17) is 28.9 Å². The maximum absolute atomic E-state index is 14.2. The smallest absolute Gasteiger partial charge is 0.255 e. The van der Waals surface area contributed by atoms with Crippen molar-refractivity contribution in [2.45, 2.75) is 68.9 Å². The second-order valence-corrected chi connectivity index (χ2v) is 12.8. The van der Waals surface area contributed by atoms with Crippen molar-refractivity contribution in [1.29, 1.82) is 0 Å². The summed E-state index contributed by atoms with van der Waals surface area (Å²) in [6.07, 6.45) is 2.80. The summed E-state index contributed by atoms with van der Waals surface area (Å²) in [5.74, 6) is -1.68. The number of hydrogen-bond acceptors (Lipinski definition) is 7. The molecule has 2 aromatic rings. The molecule has 0 saturated heterocycles. The lowest BCUT2D eigenvalue weighted by Crippen LogP contribution is -2.60. The van der Waals surface area contributed by atoms with Crippen LogP contribution in [0.2, 0.25) is 10.0 Å². The van der Waals surface area contributed by atoms with E-state index in [0.717, 1.165) is 19.1 Å². The van der Waals surface area contributed by atoms with Crippen LogP contribution in [-0.2, 0) is 14.8 Å². The molecular formula is C26H33Cl2N5O5S.